The minimum absolute atomic E-state index is 0.163. The molecule has 4 nitrogen and oxygen atoms in total. The topological polar surface area (TPSA) is 49.8 Å². The highest BCUT2D eigenvalue weighted by molar-refractivity contribution is 5.87. The van der Waals surface area contributed by atoms with Gasteiger partial charge in [-0.2, -0.15) is 0 Å². The third kappa shape index (κ3) is 3.94. The number of carbonyl (C=O) groups is 1. The lowest BCUT2D eigenvalue weighted by Gasteiger charge is -2.28. The van der Waals surface area contributed by atoms with E-state index in [-0.39, 0.29) is 12.1 Å². The van der Waals surface area contributed by atoms with Crippen molar-refractivity contribution < 1.29 is 27.8 Å². The largest absolute Gasteiger partial charge is 0.522 e. The molecule has 0 aromatic heterocycles. The molecule has 1 heterocycles. The van der Waals surface area contributed by atoms with E-state index in [0.29, 0.717) is 19.5 Å². The lowest BCUT2D eigenvalue weighted by atomic mass is 9.97. The molecular formula is C13H14F3NO3. The van der Waals surface area contributed by atoms with E-state index < -0.39 is 18.9 Å². The van der Waals surface area contributed by atoms with E-state index in [1.807, 2.05) is 4.90 Å². The first-order chi connectivity index (χ1) is 9.35. The first kappa shape index (κ1) is 14.8. The van der Waals surface area contributed by atoms with Gasteiger partial charge < -0.3 is 5.11 Å². The summed E-state index contributed by atoms with van der Waals surface area (Å²) in [7, 11) is 0. The van der Waals surface area contributed by atoms with Gasteiger partial charge in [0, 0.05) is 19.6 Å². The Morgan fingerprint density at radius 3 is 2.75 bits per heavy atom. The number of fused-ring (bicyclic) bond motifs is 1. The molecule has 0 fully saturated rings. The van der Waals surface area contributed by atoms with Crippen LogP contribution in [0.15, 0.2) is 18.2 Å². The Hall–Kier alpha value is -1.60. The molecule has 2 rings (SSSR count). The highest BCUT2D eigenvalue weighted by atomic mass is 19.4. The number of nitrogens with zero attached hydrogens (tertiary/aromatic N) is 1. The zero-order valence-corrected chi connectivity index (χ0v) is 10.6. The molecule has 110 valence electrons. The summed E-state index contributed by atoms with van der Waals surface area (Å²) in [4.78, 5) is 12.7. The molecule has 0 saturated heterocycles. The molecule has 20 heavy (non-hydrogen) atoms. The molecule has 0 atom stereocenters. The number of hydrogen-bond donors (Lipinski definition) is 1. The lowest BCUT2D eigenvalue weighted by Crippen LogP contribution is -2.34. The Morgan fingerprint density at radius 2 is 2.10 bits per heavy atom. The van der Waals surface area contributed by atoms with Crippen LogP contribution in [0.3, 0.4) is 0 Å². The predicted octanol–water partition coefficient (Wildman–Crippen LogP) is 2.28. The second-order valence-corrected chi connectivity index (χ2v) is 4.61. The van der Waals surface area contributed by atoms with Gasteiger partial charge in [-0.3, -0.25) is 9.64 Å². The molecule has 1 aromatic carbocycles. The summed E-state index contributed by atoms with van der Waals surface area (Å²) in [5.74, 6) is -1.01. The number of aromatic carboxylic acids is 1. The van der Waals surface area contributed by atoms with Crippen LogP contribution in [0, 0.1) is 0 Å². The van der Waals surface area contributed by atoms with Gasteiger partial charge >= 0.3 is 12.3 Å². The molecule has 0 spiro atoms. The SMILES string of the molecule is O=C(O)c1ccc2c(c1)CN(CCOC(F)(F)F)CC2. The van der Waals surface area contributed by atoms with E-state index in [1.165, 1.54) is 0 Å². The van der Waals surface area contributed by atoms with Crippen molar-refractivity contribution in [3.05, 3.63) is 34.9 Å². The summed E-state index contributed by atoms with van der Waals surface area (Å²) < 4.78 is 39.4. The van der Waals surface area contributed by atoms with Gasteiger partial charge in [0.05, 0.1) is 12.2 Å². The minimum atomic E-state index is -4.61. The van der Waals surface area contributed by atoms with Crippen LogP contribution in [0.25, 0.3) is 0 Å². The zero-order chi connectivity index (χ0) is 14.8. The van der Waals surface area contributed by atoms with Crippen LogP contribution in [0.5, 0.6) is 0 Å². The number of carboxylic acids is 1. The maximum absolute atomic E-state index is 11.9. The van der Waals surface area contributed by atoms with E-state index in [4.69, 9.17) is 5.11 Å². The van der Waals surface area contributed by atoms with Crippen LogP contribution in [-0.2, 0) is 17.7 Å². The van der Waals surface area contributed by atoms with E-state index in [9.17, 15) is 18.0 Å². The highest BCUT2D eigenvalue weighted by Gasteiger charge is 2.29. The summed E-state index contributed by atoms with van der Waals surface area (Å²) in [6.45, 7) is 0.825. The Balaban J connectivity index is 1.95. The van der Waals surface area contributed by atoms with Gasteiger partial charge in [0.15, 0.2) is 0 Å². The van der Waals surface area contributed by atoms with Crippen molar-refractivity contribution in [1.82, 2.24) is 4.90 Å². The number of halogens is 3. The second kappa shape index (κ2) is 5.80. The fourth-order valence-corrected chi connectivity index (χ4v) is 2.23. The Bertz CT molecular complexity index is 502. The van der Waals surface area contributed by atoms with Gasteiger partial charge in [-0.25, -0.2) is 4.79 Å². The van der Waals surface area contributed by atoms with E-state index >= 15 is 0 Å². The maximum atomic E-state index is 11.9. The standard InChI is InChI=1S/C13H14F3NO3/c14-13(15,16)20-6-5-17-4-3-9-1-2-10(12(18)19)7-11(9)8-17/h1-2,7H,3-6,8H2,(H,18,19). The number of hydrogen-bond acceptors (Lipinski definition) is 3. The third-order valence-electron chi connectivity index (χ3n) is 3.22. The van der Waals surface area contributed by atoms with Gasteiger partial charge in [0.25, 0.3) is 0 Å². The number of rotatable bonds is 4. The average Bonchev–Trinajstić information content (AvgIpc) is 2.36. The summed E-state index contributed by atoms with van der Waals surface area (Å²) in [6.07, 6.45) is -3.91. The first-order valence-electron chi connectivity index (χ1n) is 6.13. The van der Waals surface area contributed by atoms with Crippen molar-refractivity contribution in [2.45, 2.75) is 19.3 Å². The van der Waals surface area contributed by atoms with Crippen LogP contribution in [0.1, 0.15) is 21.5 Å². The molecule has 1 aliphatic heterocycles. The molecule has 0 amide bonds. The quantitative estimate of drug-likeness (QED) is 0.924. The highest BCUT2D eigenvalue weighted by Crippen LogP contribution is 2.21. The van der Waals surface area contributed by atoms with Gasteiger partial charge in [-0.05, 0) is 29.7 Å². The molecule has 1 aromatic rings. The summed E-state index contributed by atoms with van der Waals surface area (Å²) in [5.41, 5.74) is 2.09. The van der Waals surface area contributed by atoms with E-state index in [0.717, 1.165) is 11.1 Å². The van der Waals surface area contributed by atoms with Crippen molar-refractivity contribution in [3.63, 3.8) is 0 Å². The summed E-state index contributed by atoms with van der Waals surface area (Å²) >= 11 is 0. The second-order valence-electron chi connectivity index (χ2n) is 4.61. The third-order valence-corrected chi connectivity index (χ3v) is 3.22. The van der Waals surface area contributed by atoms with Gasteiger partial charge in [0.1, 0.15) is 0 Å². The van der Waals surface area contributed by atoms with Gasteiger partial charge in [0.2, 0.25) is 0 Å². The maximum Gasteiger partial charge on any atom is 0.522 e. The molecule has 0 unspecified atom stereocenters. The van der Waals surface area contributed by atoms with Crippen molar-refractivity contribution in [1.29, 1.82) is 0 Å². The average molecular weight is 289 g/mol. The first-order valence-corrected chi connectivity index (χ1v) is 6.13. The number of carboxylic acid groups (broad SMARTS) is 1. The van der Waals surface area contributed by atoms with Crippen LogP contribution < -0.4 is 0 Å². The zero-order valence-electron chi connectivity index (χ0n) is 10.6. The predicted molar refractivity (Wildman–Crippen MR) is 64.4 cm³/mol. The smallest absolute Gasteiger partial charge is 0.478 e. The van der Waals surface area contributed by atoms with Crippen LogP contribution in [0.4, 0.5) is 13.2 Å². The Morgan fingerprint density at radius 1 is 1.35 bits per heavy atom. The van der Waals surface area contributed by atoms with E-state index in [1.54, 1.807) is 18.2 Å². The molecule has 1 aliphatic rings. The Kier molecular flexibility index (Phi) is 4.29. The van der Waals surface area contributed by atoms with Crippen molar-refractivity contribution >= 4 is 5.97 Å². The molecule has 0 bridgehead atoms. The molecular weight excluding hydrogens is 275 g/mol. The van der Waals surface area contributed by atoms with E-state index in [2.05, 4.69) is 4.74 Å². The monoisotopic (exact) mass is 289 g/mol. The minimum Gasteiger partial charge on any atom is -0.478 e. The summed E-state index contributed by atoms with van der Waals surface area (Å²) in [5, 5.41) is 8.92. The van der Waals surface area contributed by atoms with Crippen molar-refractivity contribution in [3.8, 4) is 0 Å². The molecule has 0 saturated carbocycles. The summed E-state index contributed by atoms with van der Waals surface area (Å²) in [6, 6.07) is 4.89. The fraction of sp³-hybridized carbons (Fsp3) is 0.462. The molecule has 0 radical (unpaired) electrons. The number of ether oxygens (including phenoxy) is 1. The van der Waals surface area contributed by atoms with Crippen LogP contribution in [-0.4, -0.2) is 42.0 Å². The van der Waals surface area contributed by atoms with Crippen LogP contribution in [0.2, 0.25) is 0 Å². The Labute approximate surface area is 113 Å². The molecule has 1 N–H and O–H groups in total. The van der Waals surface area contributed by atoms with Crippen molar-refractivity contribution in [2.75, 3.05) is 19.7 Å². The van der Waals surface area contributed by atoms with Gasteiger partial charge in [-0.15, -0.1) is 13.2 Å². The molecule has 0 aliphatic carbocycles. The fourth-order valence-electron chi connectivity index (χ4n) is 2.23. The van der Waals surface area contributed by atoms with Crippen LogP contribution >= 0.6 is 0 Å². The van der Waals surface area contributed by atoms with Gasteiger partial charge in [-0.1, -0.05) is 6.07 Å². The number of benzene rings is 1. The van der Waals surface area contributed by atoms with Crippen molar-refractivity contribution in [2.24, 2.45) is 0 Å². The number of alkyl halides is 3. The normalized spacial score (nSPS) is 15.9. The lowest BCUT2D eigenvalue weighted by molar-refractivity contribution is -0.325. The molecule has 7 heteroatoms.